The van der Waals surface area contributed by atoms with E-state index >= 15 is 0 Å². The molecule has 96 valence electrons. The molecule has 0 bridgehead atoms. The summed E-state index contributed by atoms with van der Waals surface area (Å²) in [6, 6.07) is 17.7. The second-order valence-electron chi connectivity index (χ2n) is 3.95. The quantitative estimate of drug-likeness (QED) is 0.908. The predicted molar refractivity (Wildman–Crippen MR) is 79.0 cm³/mol. The molecule has 1 N–H and O–H groups in total. The third kappa shape index (κ3) is 4.31. The van der Waals surface area contributed by atoms with Gasteiger partial charge in [0.2, 0.25) is 0 Å². The number of ether oxygens (including phenoxy) is 1. The summed E-state index contributed by atoms with van der Waals surface area (Å²) in [4.78, 5) is 0. The van der Waals surface area contributed by atoms with Gasteiger partial charge in [-0.3, -0.25) is 0 Å². The fourth-order valence-electron chi connectivity index (χ4n) is 1.62. The molecule has 0 aliphatic carbocycles. The number of nitrogens with one attached hydrogen (secondary N) is 1. The summed E-state index contributed by atoms with van der Waals surface area (Å²) in [6.45, 7) is 0.824. The SMILES string of the molecule is N#CCOc1ccc(CNc2cccc(Br)c2)cc1. The lowest BCUT2D eigenvalue weighted by Crippen LogP contribution is -1.99. The Morgan fingerprint density at radius 2 is 1.95 bits per heavy atom. The topological polar surface area (TPSA) is 45.0 Å². The number of hydrogen-bond acceptors (Lipinski definition) is 3. The largest absolute Gasteiger partial charge is 0.479 e. The third-order valence-corrected chi connectivity index (χ3v) is 3.04. The van der Waals surface area contributed by atoms with Crippen LogP contribution in [0.2, 0.25) is 0 Å². The minimum absolute atomic E-state index is 0.0790. The van der Waals surface area contributed by atoms with Gasteiger partial charge in [-0.05, 0) is 35.9 Å². The zero-order chi connectivity index (χ0) is 13.5. The van der Waals surface area contributed by atoms with Crippen molar-refractivity contribution in [1.29, 1.82) is 5.26 Å². The van der Waals surface area contributed by atoms with Crippen LogP contribution in [0, 0.1) is 11.3 Å². The number of anilines is 1. The van der Waals surface area contributed by atoms with Crippen LogP contribution in [-0.2, 0) is 6.54 Å². The van der Waals surface area contributed by atoms with Gasteiger partial charge >= 0.3 is 0 Å². The molecule has 0 atom stereocenters. The molecule has 2 aromatic rings. The van der Waals surface area contributed by atoms with Crippen molar-refractivity contribution in [2.45, 2.75) is 6.54 Å². The summed E-state index contributed by atoms with van der Waals surface area (Å²) >= 11 is 3.44. The van der Waals surface area contributed by atoms with Gasteiger partial charge in [-0.1, -0.05) is 34.1 Å². The highest BCUT2D eigenvalue weighted by atomic mass is 79.9. The highest BCUT2D eigenvalue weighted by Crippen LogP contribution is 2.17. The van der Waals surface area contributed by atoms with Crippen LogP contribution in [0.3, 0.4) is 0 Å². The highest BCUT2D eigenvalue weighted by molar-refractivity contribution is 9.10. The van der Waals surface area contributed by atoms with Crippen molar-refractivity contribution in [3.8, 4) is 11.8 Å². The van der Waals surface area contributed by atoms with Gasteiger partial charge in [0, 0.05) is 16.7 Å². The maximum atomic E-state index is 8.43. The van der Waals surface area contributed by atoms with E-state index in [-0.39, 0.29) is 6.61 Å². The molecule has 4 heteroatoms. The lowest BCUT2D eigenvalue weighted by atomic mass is 10.2. The van der Waals surface area contributed by atoms with Crippen LogP contribution in [0.15, 0.2) is 53.0 Å². The first kappa shape index (κ1) is 13.4. The van der Waals surface area contributed by atoms with Gasteiger partial charge in [-0.2, -0.15) is 5.26 Å². The van der Waals surface area contributed by atoms with Gasteiger partial charge in [0.1, 0.15) is 11.8 Å². The van der Waals surface area contributed by atoms with Crippen molar-refractivity contribution in [1.82, 2.24) is 0 Å². The fraction of sp³-hybridized carbons (Fsp3) is 0.133. The zero-order valence-corrected chi connectivity index (χ0v) is 11.9. The number of nitriles is 1. The molecule has 0 aliphatic heterocycles. The molecule has 0 aromatic heterocycles. The molecule has 0 radical (unpaired) electrons. The van der Waals surface area contributed by atoms with E-state index in [0.717, 1.165) is 22.3 Å². The van der Waals surface area contributed by atoms with E-state index in [4.69, 9.17) is 10.00 Å². The minimum Gasteiger partial charge on any atom is -0.479 e. The molecule has 19 heavy (non-hydrogen) atoms. The molecular weight excluding hydrogens is 304 g/mol. The molecule has 0 unspecified atom stereocenters. The van der Waals surface area contributed by atoms with Gasteiger partial charge in [0.25, 0.3) is 0 Å². The first-order valence-corrected chi connectivity index (χ1v) is 6.65. The number of hydrogen-bond donors (Lipinski definition) is 1. The van der Waals surface area contributed by atoms with Crippen molar-refractivity contribution in [3.05, 3.63) is 58.6 Å². The van der Waals surface area contributed by atoms with Crippen LogP contribution in [0.1, 0.15) is 5.56 Å². The second kappa shape index (κ2) is 6.81. The van der Waals surface area contributed by atoms with Crippen LogP contribution >= 0.6 is 15.9 Å². The van der Waals surface area contributed by atoms with Crippen molar-refractivity contribution in [2.24, 2.45) is 0 Å². The van der Waals surface area contributed by atoms with Crippen LogP contribution in [0.4, 0.5) is 5.69 Å². The van der Waals surface area contributed by atoms with Crippen molar-refractivity contribution >= 4 is 21.6 Å². The number of halogens is 1. The Labute approximate surface area is 121 Å². The Hall–Kier alpha value is -1.99. The Morgan fingerprint density at radius 3 is 2.63 bits per heavy atom. The molecule has 0 heterocycles. The van der Waals surface area contributed by atoms with Gasteiger partial charge in [0.15, 0.2) is 6.61 Å². The number of nitrogens with zero attached hydrogens (tertiary/aromatic N) is 1. The molecule has 0 fully saturated rings. The number of benzene rings is 2. The summed E-state index contributed by atoms with van der Waals surface area (Å²) in [6.07, 6.45) is 0. The Balaban J connectivity index is 1.91. The second-order valence-corrected chi connectivity index (χ2v) is 4.87. The van der Waals surface area contributed by atoms with Crippen LogP contribution in [0.5, 0.6) is 5.75 Å². The lowest BCUT2D eigenvalue weighted by molar-refractivity contribution is 0.368. The Morgan fingerprint density at radius 1 is 1.16 bits per heavy atom. The summed E-state index contributed by atoms with van der Waals surface area (Å²) in [7, 11) is 0. The maximum Gasteiger partial charge on any atom is 0.174 e. The van der Waals surface area contributed by atoms with E-state index in [1.807, 2.05) is 54.6 Å². The van der Waals surface area contributed by atoms with Crippen LogP contribution < -0.4 is 10.1 Å². The molecule has 0 amide bonds. The molecular formula is C15H13BrN2O. The van der Waals surface area contributed by atoms with Gasteiger partial charge in [0.05, 0.1) is 0 Å². The van der Waals surface area contributed by atoms with Crippen molar-refractivity contribution in [2.75, 3.05) is 11.9 Å². The predicted octanol–water partition coefficient (Wildman–Crippen LogP) is 3.96. The lowest BCUT2D eigenvalue weighted by Gasteiger charge is -2.08. The monoisotopic (exact) mass is 316 g/mol. The first-order chi connectivity index (χ1) is 9.28. The smallest absolute Gasteiger partial charge is 0.174 e. The molecule has 0 spiro atoms. The average molecular weight is 317 g/mol. The highest BCUT2D eigenvalue weighted by Gasteiger charge is 1.97. The van der Waals surface area contributed by atoms with E-state index in [2.05, 4.69) is 21.2 Å². The standard InChI is InChI=1S/C15H13BrN2O/c16-13-2-1-3-14(10-13)18-11-12-4-6-15(7-5-12)19-9-8-17/h1-7,10,18H,9,11H2. The average Bonchev–Trinajstić information content (AvgIpc) is 2.44. The molecule has 0 saturated heterocycles. The maximum absolute atomic E-state index is 8.43. The van der Waals surface area contributed by atoms with E-state index in [9.17, 15) is 0 Å². The molecule has 0 saturated carbocycles. The summed E-state index contributed by atoms with van der Waals surface area (Å²) < 4.78 is 6.25. The number of rotatable bonds is 5. The fourth-order valence-corrected chi connectivity index (χ4v) is 2.02. The summed E-state index contributed by atoms with van der Waals surface area (Å²) in [5, 5.41) is 11.8. The van der Waals surface area contributed by atoms with E-state index in [1.165, 1.54) is 0 Å². The summed E-state index contributed by atoms with van der Waals surface area (Å²) in [5.74, 6) is 0.716. The van der Waals surface area contributed by atoms with E-state index in [1.54, 1.807) is 0 Å². The third-order valence-electron chi connectivity index (χ3n) is 2.55. The summed E-state index contributed by atoms with van der Waals surface area (Å²) in [5.41, 5.74) is 2.23. The van der Waals surface area contributed by atoms with E-state index in [0.29, 0.717) is 5.75 Å². The molecule has 3 nitrogen and oxygen atoms in total. The van der Waals surface area contributed by atoms with Gasteiger partial charge < -0.3 is 10.1 Å². The Kier molecular flexibility index (Phi) is 4.82. The van der Waals surface area contributed by atoms with E-state index < -0.39 is 0 Å². The van der Waals surface area contributed by atoms with Gasteiger partial charge in [-0.25, -0.2) is 0 Å². The van der Waals surface area contributed by atoms with Crippen molar-refractivity contribution < 1.29 is 4.74 Å². The molecule has 2 aromatic carbocycles. The van der Waals surface area contributed by atoms with Crippen LogP contribution in [0.25, 0.3) is 0 Å². The van der Waals surface area contributed by atoms with Gasteiger partial charge in [-0.15, -0.1) is 0 Å². The van der Waals surface area contributed by atoms with Crippen molar-refractivity contribution in [3.63, 3.8) is 0 Å². The first-order valence-electron chi connectivity index (χ1n) is 5.86. The molecule has 0 aliphatic rings. The minimum atomic E-state index is 0.0790. The Bertz CT molecular complexity index is 575. The van der Waals surface area contributed by atoms with Crippen LogP contribution in [-0.4, -0.2) is 6.61 Å². The normalized spacial score (nSPS) is 9.68. The zero-order valence-electron chi connectivity index (χ0n) is 10.3. The molecule has 2 rings (SSSR count).